The highest BCUT2D eigenvalue weighted by Crippen LogP contribution is 2.49. The first-order valence-electron chi connectivity index (χ1n) is 17.1. The minimum atomic E-state index is -0.190. The van der Waals surface area contributed by atoms with E-state index >= 15 is 0 Å². The van der Waals surface area contributed by atoms with E-state index in [2.05, 4.69) is 93.8 Å². The van der Waals surface area contributed by atoms with Crippen molar-refractivity contribution in [2.45, 2.75) is 112 Å². The molecule has 45 heavy (non-hydrogen) atoms. The van der Waals surface area contributed by atoms with E-state index in [1.54, 1.807) is 7.11 Å². The lowest BCUT2D eigenvalue weighted by molar-refractivity contribution is -0.114. The number of aromatic nitrogens is 2. The molecule has 5 rings (SSSR count). The fourth-order valence-corrected chi connectivity index (χ4v) is 7.86. The summed E-state index contributed by atoms with van der Waals surface area (Å²) in [6, 6.07) is 6.60. The lowest BCUT2D eigenvalue weighted by atomic mass is 9.76. The molecule has 0 spiro atoms. The van der Waals surface area contributed by atoms with Crippen LogP contribution in [0.4, 0.5) is 5.69 Å². The van der Waals surface area contributed by atoms with E-state index in [0.29, 0.717) is 6.42 Å². The lowest BCUT2D eigenvalue weighted by Crippen LogP contribution is -2.32. The fraction of sp³-hybridized carbons (Fsp3) is 0.462. The highest BCUT2D eigenvalue weighted by atomic mass is 16.5. The Labute approximate surface area is 268 Å². The Morgan fingerprint density at radius 3 is 1.91 bits per heavy atom. The van der Waals surface area contributed by atoms with E-state index in [9.17, 15) is 4.79 Å². The number of methoxy groups -OCH3 is 1. The molecule has 2 N–H and O–H groups in total. The second kappa shape index (κ2) is 13.2. The summed E-state index contributed by atoms with van der Waals surface area (Å²) in [5.74, 6) is 0.730. The Kier molecular flexibility index (Phi) is 9.52. The fourth-order valence-electron chi connectivity index (χ4n) is 7.86. The number of carbonyl (C=O) groups is 1. The number of allylic oxidation sites excluding steroid dienone is 1. The van der Waals surface area contributed by atoms with Gasteiger partial charge in [0, 0.05) is 27.5 Å². The number of carbonyl (C=O) groups excluding carboxylic acids is 1. The van der Waals surface area contributed by atoms with Crippen LogP contribution in [-0.4, -0.2) is 34.6 Å². The van der Waals surface area contributed by atoms with Gasteiger partial charge in [0.1, 0.15) is 0 Å². The summed E-state index contributed by atoms with van der Waals surface area (Å²) in [5, 5.41) is 2.16. The molecule has 0 unspecified atom stereocenters. The predicted molar refractivity (Wildman–Crippen MR) is 188 cm³/mol. The molecule has 2 aromatic heterocycles. The standard InChI is InChI=1S/C39H50N4O2/c1-10-23-24(11-2)32(22-34-26(13-4)28(15-6)37(44)42-34)40-31(23)21-33-25(12-3)27(14-5)35(41-33)29-19-18-20-30-36(29)43-38(45-9)39(30,16-7)17-8/h18-22,40-41H,10-17H2,1-9H3. The first kappa shape index (κ1) is 32.5. The summed E-state index contributed by atoms with van der Waals surface area (Å²) in [6.07, 6.45) is 11.4. The molecule has 4 heterocycles. The minimum Gasteiger partial charge on any atom is -0.483 e. The van der Waals surface area contributed by atoms with Gasteiger partial charge in [-0.15, -0.1) is 0 Å². The van der Waals surface area contributed by atoms with Crippen molar-refractivity contribution >= 4 is 35.4 Å². The molecule has 6 nitrogen and oxygen atoms in total. The van der Waals surface area contributed by atoms with Gasteiger partial charge in [-0.05, 0) is 96.9 Å². The van der Waals surface area contributed by atoms with E-state index in [1.807, 2.05) is 6.92 Å². The molecule has 6 heteroatoms. The van der Waals surface area contributed by atoms with Gasteiger partial charge < -0.3 is 14.7 Å². The maximum absolute atomic E-state index is 12.6. The Bertz CT molecular complexity index is 1840. The maximum Gasteiger partial charge on any atom is 0.273 e. The Morgan fingerprint density at radius 1 is 0.733 bits per heavy atom. The van der Waals surface area contributed by atoms with Gasteiger partial charge in [-0.1, -0.05) is 73.6 Å². The molecule has 0 saturated heterocycles. The van der Waals surface area contributed by atoms with Crippen LogP contribution < -0.4 is 10.7 Å². The predicted octanol–water partition coefficient (Wildman–Crippen LogP) is 7.71. The number of fused-ring (bicyclic) bond motifs is 1. The number of amides is 1. The van der Waals surface area contributed by atoms with Crippen LogP contribution in [0.3, 0.4) is 0 Å². The van der Waals surface area contributed by atoms with Gasteiger partial charge in [0.2, 0.25) is 0 Å². The van der Waals surface area contributed by atoms with Crippen LogP contribution >= 0.6 is 0 Å². The molecule has 3 aromatic rings. The van der Waals surface area contributed by atoms with Crippen molar-refractivity contribution in [3.8, 4) is 11.3 Å². The number of benzene rings is 1. The smallest absolute Gasteiger partial charge is 0.273 e. The molecule has 0 saturated carbocycles. The van der Waals surface area contributed by atoms with Crippen LogP contribution in [0, 0.1) is 0 Å². The highest BCUT2D eigenvalue weighted by molar-refractivity contribution is 6.31. The van der Waals surface area contributed by atoms with Gasteiger partial charge in [0.05, 0.1) is 29.6 Å². The van der Waals surface area contributed by atoms with Crippen molar-refractivity contribution in [2.75, 3.05) is 7.11 Å². The van der Waals surface area contributed by atoms with Gasteiger partial charge in [-0.25, -0.2) is 9.98 Å². The molecule has 0 fully saturated rings. The van der Waals surface area contributed by atoms with Crippen LogP contribution in [0.5, 0.6) is 0 Å². The van der Waals surface area contributed by atoms with Gasteiger partial charge in [0.15, 0.2) is 5.90 Å². The van der Waals surface area contributed by atoms with E-state index in [-0.39, 0.29) is 11.3 Å². The third-order valence-corrected chi connectivity index (χ3v) is 10.2. The maximum atomic E-state index is 12.6. The third kappa shape index (κ3) is 5.16. The third-order valence-electron chi connectivity index (χ3n) is 10.2. The van der Waals surface area contributed by atoms with E-state index < -0.39 is 0 Å². The first-order chi connectivity index (χ1) is 21.8. The number of nitrogens with one attached hydrogen (secondary N) is 2. The Hall–Kier alpha value is -3.93. The Morgan fingerprint density at radius 2 is 1.36 bits per heavy atom. The zero-order valence-electron chi connectivity index (χ0n) is 28.8. The van der Waals surface area contributed by atoms with Crippen LogP contribution in [0.2, 0.25) is 0 Å². The monoisotopic (exact) mass is 606 g/mol. The first-order valence-corrected chi connectivity index (χ1v) is 17.1. The van der Waals surface area contributed by atoms with Crippen LogP contribution in [0.25, 0.3) is 23.4 Å². The van der Waals surface area contributed by atoms with Crippen molar-refractivity contribution in [2.24, 2.45) is 9.98 Å². The average Bonchev–Trinajstić information content (AvgIpc) is 3.78. The number of nitrogens with zero attached hydrogens (tertiary/aromatic N) is 2. The second-order valence-corrected chi connectivity index (χ2v) is 12.1. The second-order valence-electron chi connectivity index (χ2n) is 12.1. The van der Waals surface area contributed by atoms with E-state index in [1.165, 1.54) is 27.8 Å². The summed E-state index contributed by atoms with van der Waals surface area (Å²) in [7, 11) is 1.75. The van der Waals surface area contributed by atoms with Gasteiger partial charge in [0.25, 0.3) is 5.91 Å². The van der Waals surface area contributed by atoms with Crippen LogP contribution in [0.1, 0.15) is 115 Å². The summed E-state index contributed by atoms with van der Waals surface area (Å²) in [6.45, 7) is 17.5. The minimum absolute atomic E-state index is 0.0873. The molecular formula is C39H50N4O2. The summed E-state index contributed by atoms with van der Waals surface area (Å²) < 4.78 is 5.89. The lowest BCUT2D eigenvalue weighted by Gasteiger charge is -2.28. The zero-order chi connectivity index (χ0) is 32.5. The molecule has 0 bridgehead atoms. The topological polar surface area (TPSA) is 82.6 Å². The zero-order valence-corrected chi connectivity index (χ0v) is 28.8. The largest absolute Gasteiger partial charge is 0.483 e. The van der Waals surface area contributed by atoms with Crippen LogP contribution in [0.15, 0.2) is 39.3 Å². The quantitative estimate of drug-likeness (QED) is 0.234. The molecule has 0 radical (unpaired) electrons. The van der Waals surface area contributed by atoms with Crippen molar-refractivity contribution < 1.29 is 9.53 Å². The molecule has 2 aliphatic heterocycles. The number of rotatable bonds is 11. The van der Waals surface area contributed by atoms with E-state index in [4.69, 9.17) is 9.73 Å². The number of H-pyrrole nitrogens is 2. The molecule has 0 atom stereocenters. The van der Waals surface area contributed by atoms with Crippen molar-refractivity contribution in [3.63, 3.8) is 0 Å². The summed E-state index contributed by atoms with van der Waals surface area (Å²) in [4.78, 5) is 29.8. The van der Waals surface area contributed by atoms with Gasteiger partial charge in [-0.3, -0.25) is 4.79 Å². The van der Waals surface area contributed by atoms with Crippen molar-refractivity contribution in [1.82, 2.24) is 9.97 Å². The average molecular weight is 607 g/mol. The molecule has 1 aromatic carbocycles. The molecule has 238 valence electrons. The van der Waals surface area contributed by atoms with Crippen molar-refractivity contribution in [3.05, 3.63) is 73.6 Å². The number of para-hydroxylation sites is 1. The number of ether oxygens (including phenoxy) is 1. The van der Waals surface area contributed by atoms with Gasteiger partial charge >= 0.3 is 0 Å². The van der Waals surface area contributed by atoms with E-state index in [0.717, 1.165) is 101 Å². The molecular weight excluding hydrogens is 556 g/mol. The summed E-state index contributed by atoms with van der Waals surface area (Å²) in [5.41, 5.74) is 13.5. The van der Waals surface area contributed by atoms with Gasteiger partial charge in [-0.2, -0.15) is 0 Å². The number of aromatic amines is 2. The SMILES string of the molecule is CCC1=C(CC)C(C=c2[nH]c(=Cc3[nH]c(-c4cccc5c4N=C(OC)C5(CC)CC)c(CC)c3CC)c(CC)c2CC)=NC1=O. The van der Waals surface area contributed by atoms with Crippen LogP contribution in [-0.2, 0) is 40.6 Å². The summed E-state index contributed by atoms with van der Waals surface area (Å²) >= 11 is 0. The van der Waals surface area contributed by atoms with Crippen molar-refractivity contribution in [1.29, 1.82) is 0 Å². The highest BCUT2D eigenvalue weighted by Gasteiger charge is 2.43. The molecule has 2 aliphatic rings. The number of hydrogen-bond donors (Lipinski definition) is 2. The number of aliphatic imine (C=N–C) groups is 2. The Balaban J connectivity index is 1.72. The normalized spacial score (nSPS) is 16.6. The molecule has 0 aliphatic carbocycles. The molecule has 1 amide bonds. The number of hydrogen-bond acceptors (Lipinski definition) is 3.